The van der Waals surface area contributed by atoms with Gasteiger partial charge in [0.15, 0.2) is 0 Å². The highest BCUT2D eigenvalue weighted by Crippen LogP contribution is 2.37. The third-order valence-electron chi connectivity index (χ3n) is 5.92. The van der Waals surface area contributed by atoms with Crippen molar-refractivity contribution in [2.24, 2.45) is 14.1 Å². The lowest BCUT2D eigenvalue weighted by Gasteiger charge is -2.32. The maximum absolute atomic E-state index is 13.2. The van der Waals surface area contributed by atoms with Crippen molar-refractivity contribution in [2.75, 3.05) is 13.1 Å². The number of nitrogens with zero attached hydrogens (tertiary/aromatic N) is 3. The minimum atomic E-state index is -4.49. The van der Waals surface area contributed by atoms with E-state index in [9.17, 15) is 22.8 Å². The highest BCUT2D eigenvalue weighted by molar-refractivity contribution is 6.07. The van der Waals surface area contributed by atoms with Crippen LogP contribution in [-0.4, -0.2) is 39.1 Å². The van der Waals surface area contributed by atoms with E-state index in [0.717, 1.165) is 17.1 Å². The largest absolute Gasteiger partial charge is 0.490 e. The molecule has 1 aromatic carbocycles. The van der Waals surface area contributed by atoms with Crippen molar-refractivity contribution in [1.29, 1.82) is 0 Å². The van der Waals surface area contributed by atoms with Crippen molar-refractivity contribution in [3.05, 3.63) is 63.7 Å². The van der Waals surface area contributed by atoms with Crippen LogP contribution >= 0.6 is 0 Å². The molecular weight excluding hydrogens is 423 g/mol. The van der Waals surface area contributed by atoms with E-state index in [1.54, 1.807) is 36.0 Å². The molecule has 170 valence electrons. The highest BCUT2D eigenvalue weighted by Gasteiger charge is 2.35. The van der Waals surface area contributed by atoms with Crippen LogP contribution < -0.4 is 10.3 Å². The van der Waals surface area contributed by atoms with E-state index >= 15 is 0 Å². The average Bonchev–Trinajstić information content (AvgIpc) is 3.09. The Kier molecular flexibility index (Phi) is 5.52. The monoisotopic (exact) mass is 447 g/mol. The molecule has 0 N–H and O–H groups in total. The summed E-state index contributed by atoms with van der Waals surface area (Å²) in [6.07, 6.45) is -0.708. The first-order chi connectivity index (χ1) is 15.1. The summed E-state index contributed by atoms with van der Waals surface area (Å²) >= 11 is 0. The van der Waals surface area contributed by atoms with Crippen molar-refractivity contribution in [2.45, 2.75) is 32.0 Å². The number of hydrogen-bond acceptors (Lipinski definition) is 3. The first kappa shape index (κ1) is 22.0. The number of piperidine rings is 1. The predicted molar refractivity (Wildman–Crippen MR) is 114 cm³/mol. The summed E-state index contributed by atoms with van der Waals surface area (Å²) in [6, 6.07) is 5.14. The second-order valence-corrected chi connectivity index (χ2v) is 8.21. The molecule has 0 atom stereocenters. The van der Waals surface area contributed by atoms with E-state index in [0.29, 0.717) is 36.9 Å². The summed E-state index contributed by atoms with van der Waals surface area (Å²) in [6.45, 7) is 2.55. The topological polar surface area (TPSA) is 56.5 Å². The van der Waals surface area contributed by atoms with Gasteiger partial charge in [0.05, 0.1) is 22.0 Å². The van der Waals surface area contributed by atoms with Gasteiger partial charge in [0.25, 0.3) is 11.5 Å². The molecule has 0 spiro atoms. The summed E-state index contributed by atoms with van der Waals surface area (Å²) in [7, 11) is 3.45. The van der Waals surface area contributed by atoms with E-state index in [-0.39, 0.29) is 17.2 Å². The van der Waals surface area contributed by atoms with Gasteiger partial charge in [0.2, 0.25) is 0 Å². The third kappa shape index (κ3) is 3.87. The molecule has 1 aliphatic rings. The number of hydrogen-bond donors (Lipinski definition) is 0. The second-order valence-electron chi connectivity index (χ2n) is 8.21. The number of alkyl halides is 3. The number of likely N-dealkylation sites (tertiary alicyclic amines) is 1. The molecule has 3 heterocycles. The molecule has 1 fully saturated rings. The van der Waals surface area contributed by atoms with Crippen LogP contribution in [-0.2, 0) is 20.3 Å². The van der Waals surface area contributed by atoms with Crippen LogP contribution in [0.5, 0.6) is 5.75 Å². The van der Waals surface area contributed by atoms with Gasteiger partial charge < -0.3 is 18.8 Å². The van der Waals surface area contributed by atoms with Crippen LogP contribution in [0.4, 0.5) is 13.2 Å². The normalized spacial score (nSPS) is 15.4. The zero-order valence-corrected chi connectivity index (χ0v) is 18.1. The minimum absolute atomic E-state index is 0.196. The Hall–Kier alpha value is -3.23. The Labute approximate surface area is 182 Å². The van der Waals surface area contributed by atoms with Gasteiger partial charge in [-0.2, -0.15) is 13.2 Å². The van der Waals surface area contributed by atoms with Crippen LogP contribution in [0.25, 0.3) is 10.9 Å². The molecule has 0 radical (unpaired) electrons. The van der Waals surface area contributed by atoms with Crippen LogP contribution in [0, 0.1) is 6.92 Å². The predicted octanol–water partition coefficient (Wildman–Crippen LogP) is 3.89. The Morgan fingerprint density at radius 2 is 1.72 bits per heavy atom. The van der Waals surface area contributed by atoms with Gasteiger partial charge in [-0.1, -0.05) is 12.1 Å². The number of fused-ring (bicyclic) bond motifs is 1. The Bertz CT molecular complexity index is 1230. The molecule has 1 amide bonds. The van der Waals surface area contributed by atoms with Crippen LogP contribution in [0.3, 0.4) is 0 Å². The quantitative estimate of drug-likeness (QED) is 0.612. The number of aryl methyl sites for hydroxylation is 3. The second kappa shape index (κ2) is 8.03. The summed E-state index contributed by atoms with van der Waals surface area (Å²) in [4.78, 5) is 27.6. The molecule has 0 aliphatic carbocycles. The van der Waals surface area contributed by atoms with Crippen molar-refractivity contribution >= 4 is 16.8 Å². The summed E-state index contributed by atoms with van der Waals surface area (Å²) in [5.74, 6) is -0.453. The maximum atomic E-state index is 13.2. The SMILES string of the molecule is Cc1cn(C)c(=O)c2c(C(=O)N3CCC(Oc4ccccc4C(F)(F)F)CC3)cn(C)c12. The van der Waals surface area contributed by atoms with Crippen LogP contribution in [0.1, 0.15) is 34.3 Å². The number of para-hydroxylation sites is 1. The molecular formula is C23H24F3N3O3. The zero-order valence-electron chi connectivity index (χ0n) is 18.1. The lowest BCUT2D eigenvalue weighted by Crippen LogP contribution is -2.42. The average molecular weight is 447 g/mol. The molecule has 0 unspecified atom stereocenters. The number of carbonyl (C=O) groups is 1. The molecule has 0 bridgehead atoms. The van der Waals surface area contributed by atoms with Crippen LogP contribution in [0.15, 0.2) is 41.5 Å². The Morgan fingerprint density at radius 1 is 1.06 bits per heavy atom. The third-order valence-corrected chi connectivity index (χ3v) is 5.92. The molecule has 2 aromatic heterocycles. The van der Waals surface area contributed by atoms with Gasteiger partial charge >= 0.3 is 6.18 Å². The number of carbonyl (C=O) groups excluding carboxylic acids is 1. The van der Waals surface area contributed by atoms with E-state index < -0.39 is 17.8 Å². The van der Waals surface area contributed by atoms with Gasteiger partial charge in [0.1, 0.15) is 11.9 Å². The van der Waals surface area contributed by atoms with E-state index in [1.807, 2.05) is 6.92 Å². The fourth-order valence-corrected chi connectivity index (χ4v) is 4.40. The summed E-state index contributed by atoms with van der Waals surface area (Å²) < 4.78 is 48.5. The minimum Gasteiger partial charge on any atom is -0.490 e. The molecule has 32 heavy (non-hydrogen) atoms. The van der Waals surface area contributed by atoms with Crippen molar-refractivity contribution in [1.82, 2.24) is 14.0 Å². The molecule has 0 saturated carbocycles. The van der Waals surface area contributed by atoms with Gasteiger partial charge in [-0.25, -0.2) is 0 Å². The number of aromatic nitrogens is 2. The van der Waals surface area contributed by atoms with Crippen molar-refractivity contribution in [3.8, 4) is 5.75 Å². The Morgan fingerprint density at radius 3 is 2.38 bits per heavy atom. The first-order valence-electron chi connectivity index (χ1n) is 10.4. The number of ether oxygens (including phenoxy) is 1. The highest BCUT2D eigenvalue weighted by atomic mass is 19.4. The number of amides is 1. The first-order valence-corrected chi connectivity index (χ1v) is 10.4. The number of rotatable bonds is 3. The van der Waals surface area contributed by atoms with Gasteiger partial charge in [-0.3, -0.25) is 9.59 Å². The van der Waals surface area contributed by atoms with Gasteiger partial charge in [-0.05, 0) is 24.6 Å². The molecule has 6 nitrogen and oxygen atoms in total. The molecule has 1 saturated heterocycles. The van der Waals surface area contributed by atoms with Crippen LogP contribution in [0.2, 0.25) is 0 Å². The summed E-state index contributed by atoms with van der Waals surface area (Å²) in [5, 5.41) is 0.387. The van der Waals surface area contributed by atoms with Gasteiger partial charge in [0, 0.05) is 52.4 Å². The fourth-order valence-electron chi connectivity index (χ4n) is 4.40. The van der Waals surface area contributed by atoms with Crippen molar-refractivity contribution < 1.29 is 22.7 Å². The van der Waals surface area contributed by atoms with Gasteiger partial charge in [-0.15, -0.1) is 0 Å². The summed E-state index contributed by atoms with van der Waals surface area (Å²) in [5.41, 5.74) is 0.906. The number of halogens is 3. The molecule has 3 aromatic rings. The zero-order chi connectivity index (χ0) is 23.2. The smallest absolute Gasteiger partial charge is 0.419 e. The molecule has 1 aliphatic heterocycles. The van der Waals surface area contributed by atoms with Crippen molar-refractivity contribution in [3.63, 3.8) is 0 Å². The molecule has 9 heteroatoms. The lowest BCUT2D eigenvalue weighted by molar-refractivity contribution is -0.139. The van der Waals surface area contributed by atoms with E-state index in [4.69, 9.17) is 4.74 Å². The standard InChI is InChI=1S/C23H24F3N3O3/c1-14-12-28(3)22(31)19-16(13-27(2)20(14)19)21(30)29-10-8-15(9-11-29)32-18-7-5-4-6-17(18)23(24,25)26/h4-7,12-13,15H,8-11H2,1-3H3. The maximum Gasteiger partial charge on any atom is 0.419 e. The number of benzene rings is 1. The van der Waals surface area contributed by atoms with E-state index in [2.05, 4.69) is 0 Å². The number of pyridine rings is 1. The van der Waals surface area contributed by atoms with E-state index in [1.165, 1.54) is 22.8 Å². The Balaban J connectivity index is 1.52. The lowest BCUT2D eigenvalue weighted by atomic mass is 10.1. The molecule has 4 rings (SSSR count). The fraction of sp³-hybridized carbons (Fsp3) is 0.391.